The number of thioether (sulfide) groups is 1. The number of carbonyl (C=O) groups excluding carboxylic acids is 2. The Morgan fingerprint density at radius 1 is 0.769 bits per heavy atom. The zero-order valence-corrected chi connectivity index (χ0v) is 22.6. The van der Waals surface area contributed by atoms with Gasteiger partial charge in [0.05, 0.1) is 12.8 Å². The molecule has 0 radical (unpaired) electrons. The SMILES string of the molecule is COc1ccc(Cl)cc1NC(=O)C(Sc1cccc(NC(=O)c2ccc3ccccc3c2)c1)c1ccccc1. The van der Waals surface area contributed by atoms with Crippen molar-refractivity contribution in [2.75, 3.05) is 17.7 Å². The van der Waals surface area contributed by atoms with Gasteiger partial charge in [-0.05, 0) is 64.9 Å². The van der Waals surface area contributed by atoms with E-state index in [1.165, 1.54) is 11.8 Å². The largest absolute Gasteiger partial charge is 0.495 e. The van der Waals surface area contributed by atoms with Crippen LogP contribution in [-0.4, -0.2) is 18.9 Å². The molecule has 7 heteroatoms. The number of benzene rings is 5. The molecule has 0 heterocycles. The van der Waals surface area contributed by atoms with Crippen LogP contribution in [0.25, 0.3) is 10.8 Å². The normalized spacial score (nSPS) is 11.5. The number of hydrogen-bond donors (Lipinski definition) is 2. The number of rotatable bonds is 8. The lowest BCUT2D eigenvalue weighted by molar-refractivity contribution is -0.115. The van der Waals surface area contributed by atoms with Gasteiger partial charge in [-0.15, -0.1) is 11.8 Å². The third kappa shape index (κ3) is 6.42. The van der Waals surface area contributed by atoms with E-state index in [2.05, 4.69) is 10.6 Å². The molecule has 0 bridgehead atoms. The van der Waals surface area contributed by atoms with Crippen LogP contribution in [0.4, 0.5) is 11.4 Å². The topological polar surface area (TPSA) is 67.4 Å². The lowest BCUT2D eigenvalue weighted by atomic mass is 10.1. The lowest BCUT2D eigenvalue weighted by Crippen LogP contribution is -2.19. The molecule has 5 nitrogen and oxygen atoms in total. The van der Waals surface area contributed by atoms with Gasteiger partial charge in [0.15, 0.2) is 0 Å². The number of ether oxygens (including phenoxy) is 1. The second kappa shape index (κ2) is 12.1. The predicted octanol–water partition coefficient (Wildman–Crippen LogP) is 8.23. The van der Waals surface area contributed by atoms with E-state index in [4.69, 9.17) is 16.3 Å². The monoisotopic (exact) mass is 552 g/mol. The summed E-state index contributed by atoms with van der Waals surface area (Å²) in [6.07, 6.45) is 0. The Kier molecular flexibility index (Phi) is 8.16. The van der Waals surface area contributed by atoms with E-state index in [0.29, 0.717) is 27.7 Å². The molecule has 0 aliphatic carbocycles. The summed E-state index contributed by atoms with van der Waals surface area (Å²) in [5.74, 6) is 0.0913. The summed E-state index contributed by atoms with van der Waals surface area (Å²) in [6.45, 7) is 0. The molecule has 39 heavy (non-hydrogen) atoms. The molecule has 194 valence electrons. The van der Waals surface area contributed by atoms with Crippen molar-refractivity contribution in [1.82, 2.24) is 0 Å². The summed E-state index contributed by atoms with van der Waals surface area (Å²) in [7, 11) is 1.54. The summed E-state index contributed by atoms with van der Waals surface area (Å²) in [5.41, 5.74) is 2.55. The number of amides is 2. The number of halogens is 1. The van der Waals surface area contributed by atoms with Crippen molar-refractivity contribution >= 4 is 57.3 Å². The highest BCUT2D eigenvalue weighted by Gasteiger charge is 2.23. The maximum Gasteiger partial charge on any atom is 0.255 e. The molecular weight excluding hydrogens is 528 g/mol. The molecule has 0 spiro atoms. The van der Waals surface area contributed by atoms with Crippen LogP contribution in [0.15, 0.2) is 120 Å². The van der Waals surface area contributed by atoms with Gasteiger partial charge in [-0.25, -0.2) is 0 Å². The van der Waals surface area contributed by atoms with E-state index < -0.39 is 5.25 Å². The molecule has 0 fully saturated rings. The highest BCUT2D eigenvalue weighted by Crippen LogP contribution is 2.38. The van der Waals surface area contributed by atoms with Crippen LogP contribution in [-0.2, 0) is 4.79 Å². The van der Waals surface area contributed by atoms with Gasteiger partial charge in [-0.1, -0.05) is 78.3 Å². The van der Waals surface area contributed by atoms with E-state index in [1.807, 2.05) is 97.1 Å². The van der Waals surface area contributed by atoms with Crippen LogP contribution >= 0.6 is 23.4 Å². The quantitative estimate of drug-likeness (QED) is 0.190. The molecule has 1 unspecified atom stereocenters. The molecule has 1 atom stereocenters. The van der Waals surface area contributed by atoms with Crippen molar-refractivity contribution in [3.8, 4) is 5.75 Å². The fourth-order valence-electron chi connectivity index (χ4n) is 4.19. The molecule has 0 aliphatic heterocycles. The first-order chi connectivity index (χ1) is 19.0. The van der Waals surface area contributed by atoms with Crippen molar-refractivity contribution in [2.45, 2.75) is 10.1 Å². The smallest absolute Gasteiger partial charge is 0.255 e. The molecule has 0 saturated carbocycles. The van der Waals surface area contributed by atoms with Gasteiger partial charge in [0.2, 0.25) is 5.91 Å². The molecule has 5 rings (SSSR count). The zero-order chi connectivity index (χ0) is 27.2. The third-order valence-corrected chi connectivity index (χ3v) is 7.60. The van der Waals surface area contributed by atoms with Crippen LogP contribution in [0.3, 0.4) is 0 Å². The number of fused-ring (bicyclic) bond motifs is 1. The Labute approximate surface area is 236 Å². The van der Waals surface area contributed by atoms with Gasteiger partial charge in [0, 0.05) is 21.2 Å². The summed E-state index contributed by atoms with van der Waals surface area (Å²) < 4.78 is 5.40. The average Bonchev–Trinajstić information content (AvgIpc) is 2.96. The van der Waals surface area contributed by atoms with Crippen molar-refractivity contribution in [3.63, 3.8) is 0 Å². The summed E-state index contributed by atoms with van der Waals surface area (Å²) in [5, 5.41) is 7.95. The Morgan fingerprint density at radius 3 is 2.33 bits per heavy atom. The van der Waals surface area contributed by atoms with Crippen molar-refractivity contribution in [3.05, 3.63) is 131 Å². The molecule has 5 aromatic carbocycles. The van der Waals surface area contributed by atoms with Gasteiger partial charge in [-0.3, -0.25) is 9.59 Å². The number of carbonyl (C=O) groups is 2. The van der Waals surface area contributed by atoms with Crippen molar-refractivity contribution in [2.24, 2.45) is 0 Å². The highest BCUT2D eigenvalue weighted by molar-refractivity contribution is 8.00. The molecule has 5 aromatic rings. The van der Waals surface area contributed by atoms with E-state index in [1.54, 1.807) is 25.3 Å². The van der Waals surface area contributed by atoms with E-state index in [0.717, 1.165) is 21.2 Å². The Morgan fingerprint density at radius 2 is 1.54 bits per heavy atom. The second-order valence-corrected chi connectivity index (χ2v) is 10.4. The molecule has 2 N–H and O–H groups in total. The van der Waals surface area contributed by atoms with Crippen LogP contribution in [0.2, 0.25) is 5.02 Å². The molecule has 0 saturated heterocycles. The Hall–Kier alpha value is -4.26. The first-order valence-corrected chi connectivity index (χ1v) is 13.5. The molecule has 0 aromatic heterocycles. The number of hydrogen-bond acceptors (Lipinski definition) is 4. The number of methoxy groups -OCH3 is 1. The van der Waals surface area contributed by atoms with E-state index >= 15 is 0 Å². The molecular formula is C32H25ClN2O3S. The van der Waals surface area contributed by atoms with Gasteiger partial charge in [-0.2, -0.15) is 0 Å². The van der Waals surface area contributed by atoms with Gasteiger partial charge < -0.3 is 15.4 Å². The summed E-state index contributed by atoms with van der Waals surface area (Å²) in [6, 6.07) is 35.6. The second-order valence-electron chi connectivity index (χ2n) is 8.79. The first kappa shape index (κ1) is 26.4. The fourth-order valence-corrected chi connectivity index (χ4v) is 5.45. The Bertz CT molecular complexity index is 1640. The first-order valence-electron chi connectivity index (χ1n) is 12.3. The van der Waals surface area contributed by atoms with Crippen LogP contribution < -0.4 is 15.4 Å². The van der Waals surface area contributed by atoms with Gasteiger partial charge in [0.1, 0.15) is 11.0 Å². The van der Waals surface area contributed by atoms with Crippen LogP contribution in [0, 0.1) is 0 Å². The maximum absolute atomic E-state index is 13.6. The molecule has 0 aliphatic rings. The third-order valence-electron chi connectivity index (χ3n) is 6.12. The zero-order valence-electron chi connectivity index (χ0n) is 21.1. The van der Waals surface area contributed by atoms with E-state index in [9.17, 15) is 9.59 Å². The maximum atomic E-state index is 13.6. The average molecular weight is 553 g/mol. The summed E-state index contributed by atoms with van der Waals surface area (Å²) >= 11 is 7.56. The minimum atomic E-state index is -0.568. The fraction of sp³-hybridized carbons (Fsp3) is 0.0625. The van der Waals surface area contributed by atoms with Crippen LogP contribution in [0.1, 0.15) is 21.2 Å². The van der Waals surface area contributed by atoms with Crippen LogP contribution in [0.5, 0.6) is 5.75 Å². The van der Waals surface area contributed by atoms with Crippen molar-refractivity contribution < 1.29 is 14.3 Å². The summed E-state index contributed by atoms with van der Waals surface area (Å²) in [4.78, 5) is 27.4. The van der Waals surface area contributed by atoms with Gasteiger partial charge >= 0.3 is 0 Å². The number of nitrogens with one attached hydrogen (secondary N) is 2. The predicted molar refractivity (Wildman–Crippen MR) is 160 cm³/mol. The van der Waals surface area contributed by atoms with Crippen molar-refractivity contribution in [1.29, 1.82) is 0 Å². The van der Waals surface area contributed by atoms with E-state index in [-0.39, 0.29) is 11.8 Å². The minimum absolute atomic E-state index is 0.201. The minimum Gasteiger partial charge on any atom is -0.495 e. The highest BCUT2D eigenvalue weighted by atomic mass is 35.5. The Balaban J connectivity index is 1.37. The standard InChI is InChI=1S/C32H25ClN2O3S/c1-38-29-17-16-25(33)19-28(29)35-32(37)30(22-9-3-2-4-10-22)39-27-13-7-12-26(20-27)34-31(36)24-15-14-21-8-5-6-11-23(21)18-24/h2-20,30H,1H3,(H,34,36)(H,35,37). The lowest BCUT2D eigenvalue weighted by Gasteiger charge is -2.19. The number of anilines is 2. The van der Waals surface area contributed by atoms with Gasteiger partial charge in [0.25, 0.3) is 5.91 Å². The molecule has 2 amide bonds.